The molecular weight excluding hydrogens is 281 g/mol. The van der Waals surface area contributed by atoms with Crippen molar-refractivity contribution in [1.29, 1.82) is 0 Å². The summed E-state index contributed by atoms with van der Waals surface area (Å²) in [6.45, 7) is 0. The normalized spacial score (nSPS) is 10.7. The lowest BCUT2D eigenvalue weighted by atomic mass is 10.2. The molecule has 6 heteroatoms. The summed E-state index contributed by atoms with van der Waals surface area (Å²) in [5.41, 5.74) is 6.74. The number of halogens is 2. The van der Waals surface area contributed by atoms with E-state index in [-0.39, 0.29) is 11.6 Å². The molecule has 3 rings (SSSR count). The predicted molar refractivity (Wildman–Crippen MR) is 74.6 cm³/mol. The Labute approximate surface area is 119 Å². The highest BCUT2D eigenvalue weighted by molar-refractivity contribution is 6.30. The first-order valence-electron chi connectivity index (χ1n) is 5.78. The molecule has 0 unspecified atom stereocenters. The minimum Gasteiger partial charge on any atom is -0.396 e. The van der Waals surface area contributed by atoms with Gasteiger partial charge in [-0.3, -0.25) is 0 Å². The van der Waals surface area contributed by atoms with Gasteiger partial charge in [-0.05, 0) is 42.5 Å². The highest BCUT2D eigenvalue weighted by Crippen LogP contribution is 2.25. The lowest BCUT2D eigenvalue weighted by molar-refractivity contribution is 0.432. The van der Waals surface area contributed by atoms with Crippen LogP contribution in [0.3, 0.4) is 0 Å². The molecule has 0 aliphatic carbocycles. The standard InChI is InChI=1S/C14H9ClFN3O/c15-10-4-1-8(2-5-10)13-18-14(20-19-13)9-3-6-12(17)11(16)7-9/h1-7H,17H2. The number of nitrogens with two attached hydrogens (primary N) is 1. The summed E-state index contributed by atoms with van der Waals surface area (Å²) < 4.78 is 18.5. The smallest absolute Gasteiger partial charge is 0.258 e. The Morgan fingerprint density at radius 3 is 2.45 bits per heavy atom. The molecule has 0 spiro atoms. The average molecular weight is 290 g/mol. The van der Waals surface area contributed by atoms with Gasteiger partial charge >= 0.3 is 0 Å². The van der Waals surface area contributed by atoms with Gasteiger partial charge in [-0.25, -0.2) is 4.39 Å². The van der Waals surface area contributed by atoms with E-state index >= 15 is 0 Å². The van der Waals surface area contributed by atoms with Crippen molar-refractivity contribution in [1.82, 2.24) is 10.1 Å². The first-order valence-corrected chi connectivity index (χ1v) is 6.16. The van der Waals surface area contributed by atoms with Crippen molar-refractivity contribution < 1.29 is 8.91 Å². The Morgan fingerprint density at radius 2 is 1.75 bits per heavy atom. The number of hydrogen-bond donors (Lipinski definition) is 1. The Balaban J connectivity index is 1.97. The van der Waals surface area contributed by atoms with Gasteiger partial charge in [0.2, 0.25) is 5.82 Å². The van der Waals surface area contributed by atoms with Crippen molar-refractivity contribution in [3.63, 3.8) is 0 Å². The SMILES string of the molecule is Nc1ccc(-c2nc(-c3ccc(Cl)cc3)no2)cc1F. The van der Waals surface area contributed by atoms with Crippen LogP contribution in [0.2, 0.25) is 5.02 Å². The van der Waals surface area contributed by atoms with Gasteiger partial charge in [0.1, 0.15) is 5.82 Å². The number of aromatic nitrogens is 2. The van der Waals surface area contributed by atoms with Crippen LogP contribution in [-0.4, -0.2) is 10.1 Å². The van der Waals surface area contributed by atoms with E-state index in [0.717, 1.165) is 5.56 Å². The van der Waals surface area contributed by atoms with E-state index in [1.807, 2.05) is 0 Å². The maximum Gasteiger partial charge on any atom is 0.258 e. The lowest BCUT2D eigenvalue weighted by Crippen LogP contribution is -1.90. The van der Waals surface area contributed by atoms with E-state index in [9.17, 15) is 4.39 Å². The Kier molecular flexibility index (Phi) is 3.12. The molecule has 0 atom stereocenters. The van der Waals surface area contributed by atoms with Crippen LogP contribution in [0.1, 0.15) is 0 Å². The van der Waals surface area contributed by atoms with E-state index in [1.165, 1.54) is 12.1 Å². The van der Waals surface area contributed by atoms with Gasteiger partial charge in [-0.2, -0.15) is 4.98 Å². The predicted octanol–water partition coefficient (Wildman–Crippen LogP) is 3.78. The number of hydrogen-bond acceptors (Lipinski definition) is 4. The molecule has 0 aliphatic heterocycles. The van der Waals surface area contributed by atoms with Crippen LogP contribution in [0.5, 0.6) is 0 Å². The topological polar surface area (TPSA) is 64.9 Å². The highest BCUT2D eigenvalue weighted by Gasteiger charge is 2.12. The zero-order valence-electron chi connectivity index (χ0n) is 10.2. The monoisotopic (exact) mass is 289 g/mol. The molecule has 20 heavy (non-hydrogen) atoms. The molecule has 0 bridgehead atoms. The molecule has 3 aromatic rings. The van der Waals surface area contributed by atoms with E-state index in [0.29, 0.717) is 16.4 Å². The Morgan fingerprint density at radius 1 is 1.05 bits per heavy atom. The molecule has 1 heterocycles. The molecule has 0 amide bonds. The molecule has 0 radical (unpaired) electrons. The average Bonchev–Trinajstić information content (AvgIpc) is 2.92. The molecule has 1 aromatic heterocycles. The molecule has 0 fully saturated rings. The first kappa shape index (κ1) is 12.6. The molecule has 2 aromatic carbocycles. The molecule has 0 saturated heterocycles. The zero-order valence-corrected chi connectivity index (χ0v) is 10.9. The maximum atomic E-state index is 13.4. The van der Waals surface area contributed by atoms with Gasteiger partial charge in [0.25, 0.3) is 5.89 Å². The number of anilines is 1. The third kappa shape index (κ3) is 2.35. The van der Waals surface area contributed by atoms with Crippen LogP contribution < -0.4 is 5.73 Å². The van der Waals surface area contributed by atoms with Gasteiger partial charge in [-0.15, -0.1) is 0 Å². The number of nitrogens with zero attached hydrogens (tertiary/aromatic N) is 2. The van der Waals surface area contributed by atoms with Crippen molar-refractivity contribution in [2.45, 2.75) is 0 Å². The second kappa shape index (κ2) is 4.94. The van der Waals surface area contributed by atoms with E-state index in [2.05, 4.69) is 10.1 Å². The van der Waals surface area contributed by atoms with Crippen LogP contribution in [0.4, 0.5) is 10.1 Å². The minimum absolute atomic E-state index is 0.0752. The summed E-state index contributed by atoms with van der Waals surface area (Å²) in [6.07, 6.45) is 0. The van der Waals surface area contributed by atoms with Crippen LogP contribution in [0.15, 0.2) is 47.0 Å². The highest BCUT2D eigenvalue weighted by atomic mass is 35.5. The van der Waals surface area contributed by atoms with Gasteiger partial charge in [0.05, 0.1) is 5.69 Å². The fraction of sp³-hybridized carbons (Fsp3) is 0. The van der Waals surface area contributed by atoms with E-state index in [1.54, 1.807) is 30.3 Å². The summed E-state index contributed by atoms with van der Waals surface area (Å²) in [4.78, 5) is 4.22. The zero-order chi connectivity index (χ0) is 14.1. The molecule has 0 saturated carbocycles. The Bertz CT molecular complexity index is 755. The Hall–Kier alpha value is -2.40. The van der Waals surface area contributed by atoms with Crippen molar-refractivity contribution in [2.24, 2.45) is 0 Å². The molecule has 2 N–H and O–H groups in total. The third-order valence-electron chi connectivity index (χ3n) is 2.78. The number of benzene rings is 2. The van der Waals surface area contributed by atoms with Gasteiger partial charge in [-0.1, -0.05) is 16.8 Å². The molecule has 4 nitrogen and oxygen atoms in total. The summed E-state index contributed by atoms with van der Waals surface area (Å²) in [7, 11) is 0. The van der Waals surface area contributed by atoms with E-state index < -0.39 is 5.82 Å². The fourth-order valence-electron chi connectivity index (χ4n) is 1.72. The molecule has 100 valence electrons. The largest absolute Gasteiger partial charge is 0.396 e. The molecule has 0 aliphatic rings. The van der Waals surface area contributed by atoms with Crippen molar-refractivity contribution in [2.75, 3.05) is 5.73 Å². The number of nitrogen functional groups attached to an aromatic ring is 1. The minimum atomic E-state index is -0.520. The van der Waals surface area contributed by atoms with Crippen LogP contribution in [0.25, 0.3) is 22.8 Å². The summed E-state index contributed by atoms with van der Waals surface area (Å²) >= 11 is 5.81. The first-order chi connectivity index (χ1) is 9.63. The second-order valence-electron chi connectivity index (χ2n) is 4.17. The van der Waals surface area contributed by atoms with Crippen molar-refractivity contribution in [3.8, 4) is 22.8 Å². The summed E-state index contributed by atoms with van der Waals surface area (Å²) in [5.74, 6) is 0.122. The number of rotatable bonds is 2. The van der Waals surface area contributed by atoms with Gasteiger partial charge in [0.15, 0.2) is 0 Å². The second-order valence-corrected chi connectivity index (χ2v) is 4.60. The van der Waals surface area contributed by atoms with Crippen molar-refractivity contribution in [3.05, 3.63) is 53.3 Å². The van der Waals surface area contributed by atoms with Crippen LogP contribution in [-0.2, 0) is 0 Å². The van der Waals surface area contributed by atoms with Crippen molar-refractivity contribution >= 4 is 17.3 Å². The molecular formula is C14H9ClFN3O. The van der Waals surface area contributed by atoms with Gasteiger partial charge in [0, 0.05) is 16.1 Å². The summed E-state index contributed by atoms with van der Waals surface area (Å²) in [6, 6.07) is 11.4. The van der Waals surface area contributed by atoms with E-state index in [4.69, 9.17) is 21.9 Å². The fourth-order valence-corrected chi connectivity index (χ4v) is 1.84. The van der Waals surface area contributed by atoms with Gasteiger partial charge < -0.3 is 10.3 Å². The van der Waals surface area contributed by atoms with Crippen LogP contribution >= 0.6 is 11.6 Å². The van der Waals surface area contributed by atoms with Crippen LogP contribution in [0, 0.1) is 5.82 Å². The quantitative estimate of drug-likeness (QED) is 0.729. The lowest BCUT2D eigenvalue weighted by Gasteiger charge is -1.97. The third-order valence-corrected chi connectivity index (χ3v) is 3.03. The summed E-state index contributed by atoms with van der Waals surface area (Å²) in [5, 5.41) is 4.48. The maximum absolute atomic E-state index is 13.4.